The van der Waals surface area contributed by atoms with E-state index >= 15 is 0 Å². The van der Waals surface area contributed by atoms with Gasteiger partial charge in [0, 0.05) is 7.05 Å². The van der Waals surface area contributed by atoms with Crippen molar-refractivity contribution in [3.8, 4) is 17.1 Å². The highest BCUT2D eigenvalue weighted by Crippen LogP contribution is 2.27. The number of anilines is 1. The number of benzene rings is 1. The van der Waals surface area contributed by atoms with E-state index in [1.165, 1.54) is 0 Å². The standard InChI is InChI=1S/C10H11N3O2/c1-11-10-12-9(13-15-10)7-5-3-4-6-8(7)14-2/h3-6H,1-2H3,(H,11,12,13). The number of nitrogens with one attached hydrogen (secondary N) is 1. The quantitative estimate of drug-likeness (QED) is 0.827. The first kappa shape index (κ1) is 9.51. The van der Waals surface area contributed by atoms with E-state index < -0.39 is 0 Å². The largest absolute Gasteiger partial charge is 0.496 e. The van der Waals surface area contributed by atoms with Crippen molar-refractivity contribution >= 4 is 6.01 Å². The molecule has 0 spiro atoms. The lowest BCUT2D eigenvalue weighted by atomic mass is 10.2. The number of ether oxygens (including phenoxy) is 1. The van der Waals surface area contributed by atoms with Gasteiger partial charge in [-0.2, -0.15) is 4.98 Å². The Morgan fingerprint density at radius 1 is 1.33 bits per heavy atom. The molecule has 5 heteroatoms. The molecule has 0 aliphatic rings. The van der Waals surface area contributed by atoms with Crippen LogP contribution < -0.4 is 10.1 Å². The minimum absolute atomic E-state index is 0.385. The van der Waals surface area contributed by atoms with Crippen LogP contribution in [-0.4, -0.2) is 24.3 Å². The van der Waals surface area contributed by atoms with Crippen LogP contribution in [0.1, 0.15) is 0 Å². The second kappa shape index (κ2) is 4.00. The second-order valence-corrected chi connectivity index (χ2v) is 2.87. The van der Waals surface area contributed by atoms with Gasteiger partial charge in [0.2, 0.25) is 5.82 Å². The zero-order valence-electron chi connectivity index (χ0n) is 8.52. The lowest BCUT2D eigenvalue weighted by Gasteiger charge is -2.02. The highest BCUT2D eigenvalue weighted by Gasteiger charge is 2.11. The Morgan fingerprint density at radius 3 is 2.80 bits per heavy atom. The van der Waals surface area contributed by atoms with Crippen LogP contribution in [0, 0.1) is 0 Å². The number of methoxy groups -OCH3 is 1. The van der Waals surface area contributed by atoms with Gasteiger partial charge < -0.3 is 14.6 Å². The maximum absolute atomic E-state index is 5.20. The van der Waals surface area contributed by atoms with Gasteiger partial charge in [-0.05, 0) is 12.1 Å². The van der Waals surface area contributed by atoms with Crippen LogP contribution in [-0.2, 0) is 0 Å². The van der Waals surface area contributed by atoms with E-state index in [4.69, 9.17) is 9.26 Å². The average Bonchev–Trinajstić information content (AvgIpc) is 2.77. The van der Waals surface area contributed by atoms with Crippen molar-refractivity contribution in [1.29, 1.82) is 0 Å². The van der Waals surface area contributed by atoms with Crippen molar-refractivity contribution < 1.29 is 9.26 Å². The first-order chi connectivity index (χ1) is 7.35. The molecule has 0 radical (unpaired) electrons. The fourth-order valence-electron chi connectivity index (χ4n) is 1.26. The normalized spacial score (nSPS) is 10.0. The Hall–Kier alpha value is -2.04. The molecule has 78 valence electrons. The zero-order valence-corrected chi connectivity index (χ0v) is 8.52. The van der Waals surface area contributed by atoms with Gasteiger partial charge in [0.05, 0.1) is 12.7 Å². The predicted octanol–water partition coefficient (Wildman–Crippen LogP) is 1.79. The molecule has 2 aromatic rings. The minimum Gasteiger partial charge on any atom is -0.496 e. The van der Waals surface area contributed by atoms with Crippen molar-refractivity contribution in [3.63, 3.8) is 0 Å². The third kappa shape index (κ3) is 1.76. The average molecular weight is 205 g/mol. The Kier molecular flexibility index (Phi) is 2.53. The molecule has 0 amide bonds. The third-order valence-corrected chi connectivity index (χ3v) is 1.99. The van der Waals surface area contributed by atoms with Crippen molar-refractivity contribution in [2.75, 3.05) is 19.5 Å². The molecular weight excluding hydrogens is 194 g/mol. The third-order valence-electron chi connectivity index (χ3n) is 1.99. The van der Waals surface area contributed by atoms with E-state index in [1.54, 1.807) is 14.2 Å². The molecule has 1 heterocycles. The molecule has 0 bridgehead atoms. The maximum Gasteiger partial charge on any atom is 0.321 e. The number of para-hydroxylation sites is 1. The summed E-state index contributed by atoms with van der Waals surface area (Å²) in [6.07, 6.45) is 0. The molecule has 0 aliphatic carbocycles. The molecule has 1 N–H and O–H groups in total. The molecule has 5 nitrogen and oxygen atoms in total. The van der Waals surface area contributed by atoms with Gasteiger partial charge >= 0.3 is 6.01 Å². The highest BCUT2D eigenvalue weighted by molar-refractivity contribution is 5.64. The first-order valence-electron chi connectivity index (χ1n) is 4.50. The number of aromatic nitrogens is 2. The molecule has 1 aromatic carbocycles. The Bertz CT molecular complexity index is 453. The zero-order chi connectivity index (χ0) is 10.7. The van der Waals surface area contributed by atoms with Crippen LogP contribution in [0.3, 0.4) is 0 Å². The van der Waals surface area contributed by atoms with Crippen LogP contribution in [0.4, 0.5) is 6.01 Å². The molecule has 0 aliphatic heterocycles. The molecule has 0 atom stereocenters. The molecular formula is C10H11N3O2. The van der Waals surface area contributed by atoms with Crippen molar-refractivity contribution in [2.24, 2.45) is 0 Å². The van der Waals surface area contributed by atoms with E-state index in [1.807, 2.05) is 24.3 Å². The van der Waals surface area contributed by atoms with Gasteiger partial charge in [0.1, 0.15) is 5.75 Å². The number of hydrogen-bond donors (Lipinski definition) is 1. The molecule has 0 saturated carbocycles. The molecule has 1 aromatic heterocycles. The van der Waals surface area contributed by atoms with Crippen LogP contribution in [0.2, 0.25) is 0 Å². The molecule has 2 rings (SSSR count). The maximum atomic E-state index is 5.20. The summed E-state index contributed by atoms with van der Waals surface area (Å²) < 4.78 is 10.1. The van der Waals surface area contributed by atoms with E-state index in [0.717, 1.165) is 11.3 Å². The number of nitrogens with zero attached hydrogens (tertiary/aromatic N) is 2. The number of hydrogen-bond acceptors (Lipinski definition) is 5. The Balaban J connectivity index is 2.44. The Labute approximate surface area is 87.1 Å². The monoisotopic (exact) mass is 205 g/mol. The predicted molar refractivity (Wildman–Crippen MR) is 55.8 cm³/mol. The summed E-state index contributed by atoms with van der Waals surface area (Å²) in [6.45, 7) is 0. The van der Waals surface area contributed by atoms with Crippen LogP contribution in [0.5, 0.6) is 5.75 Å². The van der Waals surface area contributed by atoms with Gasteiger partial charge in [-0.3, -0.25) is 0 Å². The second-order valence-electron chi connectivity index (χ2n) is 2.87. The summed E-state index contributed by atoms with van der Waals surface area (Å²) in [6, 6.07) is 7.90. The van der Waals surface area contributed by atoms with Crippen LogP contribution in [0.15, 0.2) is 28.8 Å². The molecule has 0 unspecified atom stereocenters. The summed E-state index contributed by atoms with van der Waals surface area (Å²) in [7, 11) is 3.33. The van der Waals surface area contributed by atoms with Crippen LogP contribution >= 0.6 is 0 Å². The summed E-state index contributed by atoms with van der Waals surface area (Å²) in [4.78, 5) is 4.14. The molecule has 0 fully saturated rings. The van der Waals surface area contributed by atoms with E-state index in [-0.39, 0.29) is 0 Å². The van der Waals surface area contributed by atoms with Crippen molar-refractivity contribution in [1.82, 2.24) is 10.1 Å². The van der Waals surface area contributed by atoms with E-state index in [2.05, 4.69) is 15.5 Å². The van der Waals surface area contributed by atoms with Crippen molar-refractivity contribution in [3.05, 3.63) is 24.3 Å². The molecule has 0 saturated heterocycles. The Morgan fingerprint density at radius 2 is 2.13 bits per heavy atom. The van der Waals surface area contributed by atoms with Crippen LogP contribution in [0.25, 0.3) is 11.4 Å². The van der Waals surface area contributed by atoms with Crippen molar-refractivity contribution in [2.45, 2.75) is 0 Å². The summed E-state index contributed by atoms with van der Waals surface area (Å²) in [5, 5.41) is 6.61. The lowest BCUT2D eigenvalue weighted by Crippen LogP contribution is -1.90. The topological polar surface area (TPSA) is 60.2 Å². The van der Waals surface area contributed by atoms with Gasteiger partial charge in [0.25, 0.3) is 0 Å². The summed E-state index contributed by atoms with van der Waals surface area (Å²) in [5.74, 6) is 1.23. The first-order valence-corrected chi connectivity index (χ1v) is 4.50. The SMILES string of the molecule is CNc1nc(-c2ccccc2OC)no1. The van der Waals surface area contributed by atoms with E-state index in [9.17, 15) is 0 Å². The number of rotatable bonds is 3. The minimum atomic E-state index is 0.385. The highest BCUT2D eigenvalue weighted by atomic mass is 16.5. The van der Waals surface area contributed by atoms with Gasteiger partial charge in [0.15, 0.2) is 0 Å². The van der Waals surface area contributed by atoms with E-state index in [0.29, 0.717) is 11.8 Å². The van der Waals surface area contributed by atoms with Gasteiger partial charge in [-0.25, -0.2) is 0 Å². The molecule has 15 heavy (non-hydrogen) atoms. The van der Waals surface area contributed by atoms with Gasteiger partial charge in [-0.15, -0.1) is 0 Å². The summed E-state index contributed by atoms with van der Waals surface area (Å²) >= 11 is 0. The smallest absolute Gasteiger partial charge is 0.321 e. The lowest BCUT2D eigenvalue weighted by molar-refractivity contribution is 0.413. The van der Waals surface area contributed by atoms with Gasteiger partial charge in [-0.1, -0.05) is 17.3 Å². The summed E-state index contributed by atoms with van der Waals surface area (Å²) in [5.41, 5.74) is 0.810. The fourth-order valence-corrected chi connectivity index (χ4v) is 1.26. The fraction of sp³-hybridized carbons (Fsp3) is 0.200.